The Bertz CT molecular complexity index is 595. The van der Waals surface area contributed by atoms with Crippen molar-refractivity contribution < 1.29 is 22.4 Å². The third-order valence-corrected chi connectivity index (χ3v) is 5.64. The molecule has 1 aromatic rings. The minimum Gasteiger partial charge on any atom is -0.469 e. The minimum absolute atomic E-state index is 0.00722. The molecule has 0 radical (unpaired) electrons. The maximum Gasteiger partial charge on any atom is 0.310 e. The van der Waals surface area contributed by atoms with Crippen LogP contribution in [0.5, 0.6) is 0 Å². The van der Waals surface area contributed by atoms with Crippen LogP contribution in [-0.4, -0.2) is 31.7 Å². The SMILES string of the molecule is CCc1cnc(CNS(=O)(=O)C2CCCC2C(=O)OC)o1. The van der Waals surface area contributed by atoms with Gasteiger partial charge in [0.1, 0.15) is 5.76 Å². The maximum atomic E-state index is 12.3. The van der Waals surface area contributed by atoms with Crippen LogP contribution < -0.4 is 4.72 Å². The summed E-state index contributed by atoms with van der Waals surface area (Å²) in [5, 5.41) is -0.745. The fraction of sp³-hybridized carbons (Fsp3) is 0.692. The molecule has 1 aromatic heterocycles. The van der Waals surface area contributed by atoms with E-state index in [0.29, 0.717) is 37.3 Å². The molecule has 1 aliphatic carbocycles. The predicted molar refractivity (Wildman–Crippen MR) is 74.8 cm³/mol. The van der Waals surface area contributed by atoms with Gasteiger partial charge in [0.25, 0.3) is 0 Å². The van der Waals surface area contributed by atoms with Crippen molar-refractivity contribution in [3.63, 3.8) is 0 Å². The number of hydrogen-bond acceptors (Lipinski definition) is 6. The van der Waals surface area contributed by atoms with E-state index < -0.39 is 27.2 Å². The van der Waals surface area contributed by atoms with Crippen molar-refractivity contribution >= 4 is 16.0 Å². The van der Waals surface area contributed by atoms with Gasteiger partial charge in [0.15, 0.2) is 0 Å². The number of methoxy groups -OCH3 is 1. The van der Waals surface area contributed by atoms with Crippen LogP contribution in [0.25, 0.3) is 0 Å². The first-order chi connectivity index (χ1) is 9.97. The second-order valence-electron chi connectivity index (χ2n) is 5.04. The molecule has 0 amide bonds. The molecular weight excluding hydrogens is 296 g/mol. The molecule has 0 bridgehead atoms. The van der Waals surface area contributed by atoms with Crippen molar-refractivity contribution in [2.24, 2.45) is 5.92 Å². The number of oxazole rings is 1. The normalized spacial score (nSPS) is 22.4. The highest BCUT2D eigenvalue weighted by atomic mass is 32.2. The molecule has 2 atom stereocenters. The molecule has 2 rings (SSSR count). The number of rotatable bonds is 6. The third-order valence-electron chi connectivity index (χ3n) is 3.73. The van der Waals surface area contributed by atoms with Crippen LogP contribution in [0.4, 0.5) is 0 Å². The first-order valence-electron chi connectivity index (χ1n) is 6.97. The number of aryl methyl sites for hydroxylation is 1. The summed E-state index contributed by atoms with van der Waals surface area (Å²) in [5.74, 6) is -0.0314. The van der Waals surface area contributed by atoms with Gasteiger partial charge in [-0.3, -0.25) is 4.79 Å². The first kappa shape index (κ1) is 16.0. The number of nitrogens with zero attached hydrogens (tertiary/aromatic N) is 1. The van der Waals surface area contributed by atoms with Crippen LogP contribution in [0, 0.1) is 5.92 Å². The molecule has 0 aromatic carbocycles. The summed E-state index contributed by atoms with van der Waals surface area (Å²) in [6.45, 7) is 1.92. The van der Waals surface area contributed by atoms with Gasteiger partial charge < -0.3 is 9.15 Å². The Kier molecular flexibility index (Phi) is 5.00. The quantitative estimate of drug-likeness (QED) is 0.786. The second kappa shape index (κ2) is 6.57. The lowest BCUT2D eigenvalue weighted by Crippen LogP contribution is -2.39. The number of carbonyl (C=O) groups is 1. The van der Waals surface area contributed by atoms with Crippen LogP contribution in [-0.2, 0) is 32.5 Å². The lowest BCUT2D eigenvalue weighted by Gasteiger charge is -2.17. The fourth-order valence-electron chi connectivity index (χ4n) is 2.58. The van der Waals surface area contributed by atoms with Crippen LogP contribution in [0.1, 0.15) is 37.8 Å². The summed E-state index contributed by atoms with van der Waals surface area (Å²) in [6.07, 6.45) is 3.98. The zero-order valence-electron chi connectivity index (χ0n) is 12.2. The molecular formula is C13H20N2O5S. The van der Waals surface area contributed by atoms with Gasteiger partial charge in [0.2, 0.25) is 15.9 Å². The number of hydrogen-bond donors (Lipinski definition) is 1. The number of carbonyl (C=O) groups excluding carboxylic acids is 1. The molecule has 1 heterocycles. The smallest absolute Gasteiger partial charge is 0.310 e. The molecule has 8 heteroatoms. The highest BCUT2D eigenvalue weighted by molar-refractivity contribution is 7.90. The lowest BCUT2D eigenvalue weighted by molar-refractivity contribution is -0.145. The number of sulfonamides is 1. The van der Waals surface area contributed by atoms with E-state index in [-0.39, 0.29) is 6.54 Å². The monoisotopic (exact) mass is 316 g/mol. The van der Waals surface area contributed by atoms with Crippen molar-refractivity contribution in [2.45, 2.75) is 44.4 Å². The number of aromatic nitrogens is 1. The van der Waals surface area contributed by atoms with E-state index >= 15 is 0 Å². The Balaban J connectivity index is 2.02. The van der Waals surface area contributed by atoms with Gasteiger partial charge >= 0.3 is 5.97 Å². The van der Waals surface area contributed by atoms with Crippen molar-refractivity contribution in [2.75, 3.05) is 7.11 Å². The van der Waals surface area contributed by atoms with E-state index in [2.05, 4.69) is 14.4 Å². The summed E-state index contributed by atoms with van der Waals surface area (Å²) in [5.41, 5.74) is 0. The van der Waals surface area contributed by atoms with Crippen molar-refractivity contribution in [1.82, 2.24) is 9.71 Å². The third kappa shape index (κ3) is 3.62. The summed E-state index contributed by atoms with van der Waals surface area (Å²) >= 11 is 0. The Morgan fingerprint density at radius 1 is 1.52 bits per heavy atom. The highest BCUT2D eigenvalue weighted by Gasteiger charge is 2.42. The number of esters is 1. The fourth-order valence-corrected chi connectivity index (χ4v) is 4.28. The van der Waals surface area contributed by atoms with Gasteiger partial charge in [-0.25, -0.2) is 18.1 Å². The molecule has 21 heavy (non-hydrogen) atoms. The van der Waals surface area contributed by atoms with Crippen LogP contribution in [0.3, 0.4) is 0 Å². The van der Waals surface area contributed by atoms with Gasteiger partial charge in [0, 0.05) is 6.42 Å². The average Bonchev–Trinajstić information content (AvgIpc) is 3.13. The molecule has 0 saturated heterocycles. The van der Waals surface area contributed by atoms with Gasteiger partial charge in [-0.05, 0) is 12.8 Å². The predicted octanol–water partition coefficient (Wildman–Crippen LogP) is 0.998. The van der Waals surface area contributed by atoms with Crippen LogP contribution in [0.15, 0.2) is 10.6 Å². The van der Waals surface area contributed by atoms with E-state index in [4.69, 9.17) is 4.42 Å². The van der Waals surface area contributed by atoms with E-state index in [1.165, 1.54) is 7.11 Å². The molecule has 1 N–H and O–H groups in total. The maximum absolute atomic E-state index is 12.3. The summed E-state index contributed by atoms with van der Waals surface area (Å²) in [7, 11) is -2.34. The molecule has 0 spiro atoms. The van der Waals surface area contributed by atoms with E-state index in [1.807, 2.05) is 6.92 Å². The van der Waals surface area contributed by atoms with Gasteiger partial charge in [-0.2, -0.15) is 0 Å². The van der Waals surface area contributed by atoms with Crippen molar-refractivity contribution in [1.29, 1.82) is 0 Å². The first-order valence-corrected chi connectivity index (χ1v) is 8.52. The van der Waals surface area contributed by atoms with E-state index in [0.717, 1.165) is 0 Å². The summed E-state index contributed by atoms with van der Waals surface area (Å²) < 4.78 is 37.2. The topological polar surface area (TPSA) is 98.5 Å². The Hall–Kier alpha value is -1.41. The Morgan fingerprint density at radius 3 is 2.90 bits per heavy atom. The van der Waals surface area contributed by atoms with E-state index in [9.17, 15) is 13.2 Å². The van der Waals surface area contributed by atoms with Gasteiger partial charge in [-0.1, -0.05) is 13.3 Å². The molecule has 1 fully saturated rings. The van der Waals surface area contributed by atoms with Crippen molar-refractivity contribution in [3.05, 3.63) is 17.8 Å². The van der Waals surface area contributed by atoms with Gasteiger partial charge in [0.05, 0.1) is 31.0 Å². The van der Waals surface area contributed by atoms with Crippen LogP contribution in [0.2, 0.25) is 0 Å². The number of nitrogens with one attached hydrogen (secondary N) is 1. The van der Waals surface area contributed by atoms with E-state index in [1.54, 1.807) is 6.20 Å². The zero-order valence-corrected chi connectivity index (χ0v) is 13.0. The molecule has 1 saturated carbocycles. The average molecular weight is 316 g/mol. The van der Waals surface area contributed by atoms with Crippen molar-refractivity contribution in [3.8, 4) is 0 Å². The van der Waals surface area contributed by atoms with Crippen LogP contribution >= 0.6 is 0 Å². The Morgan fingerprint density at radius 2 is 2.29 bits per heavy atom. The zero-order chi connectivity index (χ0) is 15.5. The van der Waals surface area contributed by atoms with Gasteiger partial charge in [-0.15, -0.1) is 0 Å². The number of ether oxygens (including phenoxy) is 1. The Labute approximate surface area is 124 Å². The largest absolute Gasteiger partial charge is 0.469 e. The molecule has 118 valence electrons. The molecule has 7 nitrogen and oxygen atoms in total. The minimum atomic E-state index is -3.61. The lowest BCUT2D eigenvalue weighted by atomic mass is 10.1. The summed E-state index contributed by atoms with van der Waals surface area (Å²) in [4.78, 5) is 15.6. The summed E-state index contributed by atoms with van der Waals surface area (Å²) in [6, 6.07) is 0. The standard InChI is InChI=1S/C13H20N2O5S/c1-3-9-7-14-12(20-9)8-15-21(17,18)11-6-4-5-10(11)13(16)19-2/h7,10-11,15H,3-6,8H2,1-2H3. The molecule has 0 aliphatic heterocycles. The molecule has 2 unspecified atom stereocenters. The molecule has 1 aliphatic rings. The highest BCUT2D eigenvalue weighted by Crippen LogP contribution is 2.31. The second-order valence-corrected chi connectivity index (χ2v) is 7.02.